The zero-order valence-corrected chi connectivity index (χ0v) is 21.1. The minimum atomic E-state index is -4.60. The summed E-state index contributed by atoms with van der Waals surface area (Å²) in [5.74, 6) is -1.52. The third-order valence-electron chi connectivity index (χ3n) is 8.09. The van der Waals surface area contributed by atoms with Gasteiger partial charge in [0.15, 0.2) is 17.4 Å². The summed E-state index contributed by atoms with van der Waals surface area (Å²) in [6.45, 7) is 1.08. The number of anilines is 1. The maximum absolute atomic E-state index is 15.0. The number of nitriles is 1. The lowest BCUT2D eigenvalue weighted by Crippen LogP contribution is -2.50. The summed E-state index contributed by atoms with van der Waals surface area (Å²) in [4.78, 5) is 21.5. The first-order valence-electron chi connectivity index (χ1n) is 12.8. The number of carbonyl (C=O) groups is 1. The number of alkyl halides is 3. The van der Waals surface area contributed by atoms with Crippen molar-refractivity contribution in [2.24, 2.45) is 17.8 Å². The van der Waals surface area contributed by atoms with Crippen LogP contribution in [-0.2, 0) is 24.1 Å². The minimum Gasteiger partial charge on any atom is -0.494 e. The Kier molecular flexibility index (Phi) is 6.08. The van der Waals surface area contributed by atoms with Crippen LogP contribution in [0.4, 0.5) is 23.2 Å². The molecule has 204 valence electrons. The highest BCUT2D eigenvalue weighted by Gasteiger charge is 2.46. The summed E-state index contributed by atoms with van der Waals surface area (Å²) < 4.78 is 60.8. The topological polar surface area (TPSA) is 100 Å². The molecule has 1 saturated heterocycles. The quantitative estimate of drug-likeness (QED) is 0.462. The van der Waals surface area contributed by atoms with E-state index in [1.54, 1.807) is 11.0 Å². The van der Waals surface area contributed by atoms with E-state index in [1.165, 1.54) is 19.4 Å². The van der Waals surface area contributed by atoms with Crippen molar-refractivity contribution >= 4 is 22.5 Å². The first-order chi connectivity index (χ1) is 18.7. The number of aromatic nitrogens is 4. The van der Waals surface area contributed by atoms with Crippen molar-refractivity contribution in [2.45, 2.75) is 38.5 Å². The van der Waals surface area contributed by atoms with Gasteiger partial charge in [0.1, 0.15) is 11.6 Å². The number of nitrogens with zero attached hydrogens (tertiary/aromatic N) is 7. The number of amides is 1. The number of piperidine rings is 1. The van der Waals surface area contributed by atoms with Crippen molar-refractivity contribution in [1.82, 2.24) is 24.6 Å². The van der Waals surface area contributed by atoms with Crippen molar-refractivity contribution in [1.29, 1.82) is 5.26 Å². The van der Waals surface area contributed by atoms with Crippen molar-refractivity contribution in [3.05, 3.63) is 41.4 Å². The Morgan fingerprint density at radius 3 is 2.64 bits per heavy atom. The van der Waals surface area contributed by atoms with Gasteiger partial charge in [0, 0.05) is 43.7 Å². The van der Waals surface area contributed by atoms with E-state index >= 15 is 4.39 Å². The number of pyridine rings is 1. The van der Waals surface area contributed by atoms with Gasteiger partial charge in [-0.25, -0.2) is 4.39 Å². The number of rotatable bonds is 4. The predicted octanol–water partition coefficient (Wildman–Crippen LogP) is 3.76. The van der Waals surface area contributed by atoms with Crippen LogP contribution >= 0.6 is 0 Å². The van der Waals surface area contributed by atoms with E-state index < -0.39 is 17.8 Å². The summed E-state index contributed by atoms with van der Waals surface area (Å²) >= 11 is 0. The molecule has 0 bridgehead atoms. The Morgan fingerprint density at radius 2 is 1.95 bits per heavy atom. The molecule has 39 heavy (non-hydrogen) atoms. The molecule has 1 saturated carbocycles. The first kappa shape index (κ1) is 25.3. The van der Waals surface area contributed by atoms with Gasteiger partial charge in [-0.15, -0.1) is 10.2 Å². The average Bonchev–Trinajstić information content (AvgIpc) is 3.69. The standard InChI is InChI=1S/C26H25F4N7O2/c1-39-19-5-4-17-22(21(19)27)32-11-15(10-31)23(17)35-7-6-16(18(12-35)14-2-3-14)24(38)36-8-9-37-20(13-36)33-34-25(37)26(28,29)30/h4-5,11,14,16,18H,2-3,6-9,12-13H2,1H3/t16-,18?/m1/s1. The molecule has 2 aromatic heterocycles. The number of hydrogen-bond donors (Lipinski definition) is 0. The first-order valence-corrected chi connectivity index (χ1v) is 12.8. The molecule has 13 heteroatoms. The van der Waals surface area contributed by atoms with Crippen LogP contribution in [0.15, 0.2) is 18.3 Å². The lowest BCUT2D eigenvalue weighted by Gasteiger charge is -2.42. The fourth-order valence-electron chi connectivity index (χ4n) is 6.06. The highest BCUT2D eigenvalue weighted by Crippen LogP contribution is 2.46. The normalized spacial score (nSPS) is 21.5. The second-order valence-corrected chi connectivity index (χ2v) is 10.3. The minimum absolute atomic E-state index is 0.00497. The van der Waals surface area contributed by atoms with Gasteiger partial charge in [0.05, 0.1) is 24.9 Å². The largest absolute Gasteiger partial charge is 0.494 e. The van der Waals surface area contributed by atoms with Gasteiger partial charge in [-0.2, -0.15) is 18.4 Å². The molecule has 1 aromatic carbocycles. The van der Waals surface area contributed by atoms with Gasteiger partial charge in [0.25, 0.3) is 0 Å². The fourth-order valence-corrected chi connectivity index (χ4v) is 6.06. The van der Waals surface area contributed by atoms with Crippen LogP contribution < -0.4 is 9.64 Å². The molecule has 0 N–H and O–H groups in total. The number of carbonyl (C=O) groups excluding carboxylic acids is 1. The smallest absolute Gasteiger partial charge is 0.451 e. The van der Waals surface area contributed by atoms with E-state index in [1.807, 2.05) is 4.90 Å². The Bertz CT molecular complexity index is 1490. The summed E-state index contributed by atoms with van der Waals surface area (Å²) in [5.41, 5.74) is 1.02. The molecule has 0 spiro atoms. The van der Waals surface area contributed by atoms with E-state index in [-0.39, 0.29) is 54.5 Å². The summed E-state index contributed by atoms with van der Waals surface area (Å²) in [7, 11) is 1.37. The number of ether oxygens (including phenoxy) is 1. The van der Waals surface area contributed by atoms with Crippen LogP contribution in [0.3, 0.4) is 0 Å². The van der Waals surface area contributed by atoms with Crippen LogP contribution in [0.25, 0.3) is 10.9 Å². The monoisotopic (exact) mass is 543 g/mol. The van der Waals surface area contributed by atoms with Gasteiger partial charge in [-0.3, -0.25) is 9.78 Å². The molecule has 1 amide bonds. The van der Waals surface area contributed by atoms with Gasteiger partial charge in [0.2, 0.25) is 11.7 Å². The number of benzene rings is 1. The molecular formula is C26H25F4N7O2. The maximum atomic E-state index is 15.0. The van der Waals surface area contributed by atoms with Gasteiger partial charge in [-0.1, -0.05) is 0 Å². The zero-order valence-electron chi connectivity index (χ0n) is 21.1. The van der Waals surface area contributed by atoms with Gasteiger partial charge >= 0.3 is 6.18 Å². The Hall–Kier alpha value is -3.95. The number of methoxy groups -OCH3 is 1. The molecule has 2 fully saturated rings. The SMILES string of the molecule is COc1ccc2c(N3CC[C@@H](C(=O)N4CCn5c(nnc5C(F)(F)F)C4)C(C4CC4)C3)c(C#N)cnc2c1F. The summed E-state index contributed by atoms with van der Waals surface area (Å²) in [6, 6.07) is 5.38. The van der Waals surface area contributed by atoms with E-state index in [2.05, 4.69) is 21.3 Å². The lowest BCUT2D eigenvalue weighted by molar-refractivity contribution is -0.148. The van der Waals surface area contributed by atoms with E-state index in [0.717, 1.165) is 17.4 Å². The average molecular weight is 544 g/mol. The van der Waals surface area contributed by atoms with Crippen LogP contribution in [-0.4, -0.2) is 57.3 Å². The Morgan fingerprint density at radius 1 is 1.15 bits per heavy atom. The number of hydrogen-bond acceptors (Lipinski definition) is 7. The third-order valence-corrected chi connectivity index (χ3v) is 8.09. The molecule has 2 atom stereocenters. The fraction of sp³-hybridized carbons (Fsp3) is 0.500. The van der Waals surface area contributed by atoms with Gasteiger partial charge < -0.3 is 19.1 Å². The predicted molar refractivity (Wildman–Crippen MR) is 130 cm³/mol. The molecular weight excluding hydrogens is 518 g/mol. The summed E-state index contributed by atoms with van der Waals surface area (Å²) in [6.07, 6.45) is -0.763. The highest BCUT2D eigenvalue weighted by atomic mass is 19.4. The number of fused-ring (bicyclic) bond motifs is 2. The molecule has 3 aromatic rings. The Balaban J connectivity index is 1.26. The van der Waals surface area contributed by atoms with Crippen molar-refractivity contribution < 1.29 is 27.1 Å². The molecule has 6 rings (SSSR count). The van der Waals surface area contributed by atoms with Gasteiger partial charge in [-0.05, 0) is 43.2 Å². The number of halogens is 4. The van der Waals surface area contributed by atoms with E-state index in [9.17, 15) is 23.2 Å². The lowest BCUT2D eigenvalue weighted by atomic mass is 9.80. The van der Waals surface area contributed by atoms with Crippen molar-refractivity contribution in [3.8, 4) is 11.8 Å². The molecule has 0 radical (unpaired) electrons. The zero-order chi connectivity index (χ0) is 27.5. The van der Waals surface area contributed by atoms with E-state index in [0.29, 0.717) is 42.1 Å². The van der Waals surface area contributed by atoms with Crippen molar-refractivity contribution in [2.75, 3.05) is 31.6 Å². The summed E-state index contributed by atoms with van der Waals surface area (Å²) in [5, 5.41) is 17.3. The van der Waals surface area contributed by atoms with E-state index in [4.69, 9.17) is 4.74 Å². The molecule has 9 nitrogen and oxygen atoms in total. The van der Waals surface area contributed by atoms with Crippen LogP contribution in [0, 0.1) is 34.9 Å². The molecule has 3 aliphatic rings. The second kappa shape index (κ2) is 9.36. The van der Waals surface area contributed by atoms with Crippen LogP contribution in [0.2, 0.25) is 0 Å². The third kappa shape index (κ3) is 4.31. The highest BCUT2D eigenvalue weighted by molar-refractivity contribution is 5.95. The van der Waals surface area contributed by atoms with Crippen LogP contribution in [0.1, 0.15) is 36.5 Å². The molecule has 2 aliphatic heterocycles. The molecule has 1 unspecified atom stereocenters. The molecule has 4 heterocycles. The molecule has 1 aliphatic carbocycles. The maximum Gasteiger partial charge on any atom is 0.451 e. The Labute approximate surface area is 221 Å². The van der Waals surface area contributed by atoms with Crippen LogP contribution in [0.5, 0.6) is 5.75 Å². The second-order valence-electron chi connectivity index (χ2n) is 10.3. The van der Waals surface area contributed by atoms with Crippen molar-refractivity contribution in [3.63, 3.8) is 0 Å².